The van der Waals surface area contributed by atoms with Crippen LogP contribution in [0, 0.1) is 11.2 Å². The highest BCUT2D eigenvalue weighted by molar-refractivity contribution is 7.89. The molecule has 0 fully saturated rings. The number of halogens is 2. The third kappa shape index (κ3) is 6.77. The Kier molecular flexibility index (Phi) is 8.83. The molecular weight excluding hydrogens is 623 g/mol. The van der Waals surface area contributed by atoms with Crippen molar-refractivity contribution in [2.45, 2.75) is 44.8 Å². The lowest BCUT2D eigenvalue weighted by molar-refractivity contribution is 0.0680. The molecule has 1 amide bonds. The van der Waals surface area contributed by atoms with E-state index in [1.165, 1.54) is 22.5 Å². The highest BCUT2D eigenvalue weighted by atomic mass is 35.5. The molecule has 5 aromatic rings. The molecule has 0 radical (unpaired) electrons. The fourth-order valence-corrected chi connectivity index (χ4v) is 7.44. The predicted octanol–water partition coefficient (Wildman–Crippen LogP) is 7.28. The molecule has 0 unspecified atom stereocenters. The number of hydrogen-bond acceptors (Lipinski definition) is 4. The van der Waals surface area contributed by atoms with Gasteiger partial charge in [-0.15, -0.1) is 0 Å². The quantitative estimate of drug-likeness (QED) is 0.176. The molecule has 0 N–H and O–H groups in total. The van der Waals surface area contributed by atoms with Crippen LogP contribution in [0.2, 0.25) is 5.02 Å². The van der Waals surface area contributed by atoms with Gasteiger partial charge in [0.05, 0.1) is 11.1 Å². The topological polar surface area (TPSA) is 75.5 Å². The molecule has 0 saturated carbocycles. The molecular formula is C36H34ClFN4O3S. The standard InChI is InChI=1S/C36H34ClFN4O3S/c1-36(2)20-34-29(21-39-42(34)33-11-7-6-10-32(33)38)24-40(25-36)35(43)28-14-12-27(13-15-28)23-41(22-26-8-4-3-5-9-26)46(44,45)31-18-16-30(37)17-19-31/h3-19,21H,20,22-25H2,1-2H3. The third-order valence-corrected chi connectivity index (χ3v) is 10.2. The second kappa shape index (κ2) is 12.8. The highest BCUT2D eigenvalue weighted by Crippen LogP contribution is 2.33. The van der Waals surface area contributed by atoms with Crippen molar-refractivity contribution in [2.75, 3.05) is 6.54 Å². The molecule has 1 aliphatic rings. The van der Waals surface area contributed by atoms with Gasteiger partial charge in [0.2, 0.25) is 10.0 Å². The summed E-state index contributed by atoms with van der Waals surface area (Å²) in [7, 11) is -3.86. The molecule has 0 saturated heterocycles. The third-order valence-electron chi connectivity index (χ3n) is 8.16. The van der Waals surface area contributed by atoms with Gasteiger partial charge in [-0.05, 0) is 71.5 Å². The van der Waals surface area contributed by atoms with E-state index in [2.05, 4.69) is 18.9 Å². The SMILES string of the molecule is CC1(C)Cc2c(cnn2-c2ccccc2F)CN(C(=O)c2ccc(CN(Cc3ccccc3)S(=O)(=O)c3ccc(Cl)cc3)cc2)C1. The Hall–Kier alpha value is -4.31. The fourth-order valence-electron chi connectivity index (χ4n) is 5.90. The number of carbonyl (C=O) groups excluding carboxylic acids is 1. The molecule has 0 aliphatic carbocycles. The van der Waals surface area contributed by atoms with Gasteiger partial charge in [-0.25, -0.2) is 17.5 Å². The summed E-state index contributed by atoms with van der Waals surface area (Å²) in [4.78, 5) is 15.8. The Bertz CT molecular complexity index is 1960. The first-order valence-electron chi connectivity index (χ1n) is 15.0. The Morgan fingerprint density at radius 3 is 2.20 bits per heavy atom. The number of benzene rings is 4. The van der Waals surface area contributed by atoms with Gasteiger partial charge in [-0.2, -0.15) is 9.40 Å². The Morgan fingerprint density at radius 1 is 0.891 bits per heavy atom. The largest absolute Gasteiger partial charge is 0.334 e. The number of fused-ring (bicyclic) bond motifs is 1. The average molecular weight is 657 g/mol. The molecule has 1 aromatic heterocycles. The van der Waals surface area contributed by atoms with E-state index >= 15 is 0 Å². The number of hydrogen-bond donors (Lipinski definition) is 0. The summed E-state index contributed by atoms with van der Waals surface area (Å²) < 4.78 is 45.2. The minimum Gasteiger partial charge on any atom is -0.334 e. The lowest BCUT2D eigenvalue weighted by Gasteiger charge is -2.30. The van der Waals surface area contributed by atoms with Gasteiger partial charge in [0.25, 0.3) is 5.91 Å². The predicted molar refractivity (Wildman–Crippen MR) is 177 cm³/mol. The lowest BCUT2D eigenvalue weighted by atomic mass is 9.87. The van der Waals surface area contributed by atoms with Crippen molar-refractivity contribution in [3.63, 3.8) is 0 Å². The summed E-state index contributed by atoms with van der Waals surface area (Å²) >= 11 is 6.02. The maximum atomic E-state index is 14.7. The Morgan fingerprint density at radius 2 is 1.52 bits per heavy atom. The fraction of sp³-hybridized carbons (Fsp3) is 0.222. The molecule has 6 rings (SSSR count). The summed E-state index contributed by atoms with van der Waals surface area (Å²) in [5, 5.41) is 4.95. The molecule has 10 heteroatoms. The maximum absolute atomic E-state index is 14.7. The van der Waals surface area contributed by atoms with Crippen LogP contribution in [0.15, 0.2) is 114 Å². The number of aromatic nitrogens is 2. The normalized spacial score (nSPS) is 14.6. The first-order chi connectivity index (χ1) is 22.0. The van der Waals surface area contributed by atoms with E-state index in [0.717, 1.165) is 22.4 Å². The smallest absolute Gasteiger partial charge is 0.254 e. The van der Waals surface area contributed by atoms with E-state index in [-0.39, 0.29) is 35.1 Å². The Labute approximate surface area is 273 Å². The summed E-state index contributed by atoms with van der Waals surface area (Å²) in [6, 6.07) is 29.2. The van der Waals surface area contributed by atoms with Crippen molar-refractivity contribution in [1.82, 2.24) is 19.0 Å². The van der Waals surface area contributed by atoms with E-state index in [4.69, 9.17) is 11.6 Å². The monoisotopic (exact) mass is 656 g/mol. The van der Waals surface area contributed by atoms with E-state index in [1.807, 2.05) is 30.3 Å². The zero-order valence-electron chi connectivity index (χ0n) is 25.6. The van der Waals surface area contributed by atoms with Crippen molar-refractivity contribution in [3.8, 4) is 5.69 Å². The second-order valence-electron chi connectivity index (χ2n) is 12.4. The van der Waals surface area contributed by atoms with E-state index < -0.39 is 10.0 Å². The van der Waals surface area contributed by atoms with E-state index in [1.54, 1.807) is 70.4 Å². The average Bonchev–Trinajstić information content (AvgIpc) is 3.35. The van der Waals surface area contributed by atoms with Gasteiger partial charge in [-0.1, -0.05) is 80.0 Å². The number of nitrogens with zero attached hydrogens (tertiary/aromatic N) is 4. The minimum absolute atomic E-state index is 0.115. The van der Waals surface area contributed by atoms with Crippen LogP contribution in [-0.2, 0) is 36.1 Å². The maximum Gasteiger partial charge on any atom is 0.254 e. The van der Waals surface area contributed by atoms with Crippen LogP contribution in [0.4, 0.5) is 4.39 Å². The zero-order valence-corrected chi connectivity index (χ0v) is 27.2. The van der Waals surface area contributed by atoms with Crippen LogP contribution in [-0.4, -0.2) is 39.9 Å². The zero-order chi connectivity index (χ0) is 32.5. The summed E-state index contributed by atoms with van der Waals surface area (Å²) in [5.41, 5.74) is 3.96. The summed E-state index contributed by atoms with van der Waals surface area (Å²) in [6.07, 6.45) is 2.34. The van der Waals surface area contributed by atoms with Crippen LogP contribution in [0.3, 0.4) is 0 Å². The van der Waals surface area contributed by atoms with Gasteiger partial charge >= 0.3 is 0 Å². The summed E-state index contributed by atoms with van der Waals surface area (Å²) in [5.74, 6) is -0.493. The first-order valence-corrected chi connectivity index (χ1v) is 16.8. The highest BCUT2D eigenvalue weighted by Gasteiger charge is 2.33. The molecule has 0 bridgehead atoms. The molecule has 236 valence electrons. The van der Waals surface area contributed by atoms with E-state index in [9.17, 15) is 17.6 Å². The number of carbonyl (C=O) groups is 1. The van der Waals surface area contributed by atoms with Gasteiger partial charge in [0.1, 0.15) is 11.5 Å². The van der Waals surface area contributed by atoms with Crippen molar-refractivity contribution in [1.29, 1.82) is 0 Å². The van der Waals surface area contributed by atoms with Crippen LogP contribution in [0.25, 0.3) is 5.69 Å². The molecule has 1 aliphatic heterocycles. The van der Waals surface area contributed by atoms with Crippen LogP contribution < -0.4 is 0 Å². The van der Waals surface area contributed by atoms with Gasteiger partial charge < -0.3 is 4.90 Å². The number of sulfonamides is 1. The van der Waals surface area contributed by atoms with Crippen molar-refractivity contribution < 1.29 is 17.6 Å². The van der Waals surface area contributed by atoms with Crippen LogP contribution in [0.5, 0.6) is 0 Å². The van der Waals surface area contributed by atoms with Crippen LogP contribution >= 0.6 is 11.6 Å². The minimum atomic E-state index is -3.86. The second-order valence-corrected chi connectivity index (χ2v) is 14.8. The van der Waals surface area contributed by atoms with Gasteiger partial charge in [0.15, 0.2) is 0 Å². The molecule has 2 heterocycles. The Balaban J connectivity index is 1.24. The lowest BCUT2D eigenvalue weighted by Crippen LogP contribution is -2.37. The molecule has 0 atom stereocenters. The first kappa shape index (κ1) is 31.7. The van der Waals surface area contributed by atoms with Crippen molar-refractivity contribution in [2.24, 2.45) is 5.41 Å². The van der Waals surface area contributed by atoms with Crippen molar-refractivity contribution >= 4 is 27.5 Å². The van der Waals surface area contributed by atoms with Gasteiger partial charge in [-0.3, -0.25) is 4.79 Å². The van der Waals surface area contributed by atoms with Gasteiger partial charge in [0, 0.05) is 48.0 Å². The van der Waals surface area contributed by atoms with E-state index in [0.29, 0.717) is 35.8 Å². The van der Waals surface area contributed by atoms with Crippen molar-refractivity contribution in [3.05, 3.63) is 148 Å². The molecule has 7 nitrogen and oxygen atoms in total. The number of amides is 1. The number of para-hydroxylation sites is 1. The molecule has 46 heavy (non-hydrogen) atoms. The van der Waals surface area contributed by atoms with Crippen LogP contribution in [0.1, 0.15) is 46.6 Å². The summed E-state index contributed by atoms with van der Waals surface area (Å²) in [6.45, 7) is 5.32. The molecule has 4 aromatic carbocycles. The number of rotatable bonds is 8. The molecule has 0 spiro atoms.